The van der Waals surface area contributed by atoms with Crippen molar-refractivity contribution in [3.8, 4) is 0 Å². The maximum Gasteiger partial charge on any atom is 0.248 e. The lowest BCUT2D eigenvalue weighted by molar-refractivity contribution is 0.164. The number of aliphatic hydroxyl groups is 1. The van der Waals surface area contributed by atoms with E-state index in [2.05, 4.69) is 4.98 Å². The Kier molecular flexibility index (Phi) is 2.90. The molecule has 0 saturated heterocycles. The summed E-state index contributed by atoms with van der Waals surface area (Å²) >= 11 is 0. The summed E-state index contributed by atoms with van der Waals surface area (Å²) in [4.78, 5) is 3.15. The van der Waals surface area contributed by atoms with Gasteiger partial charge in [-0.2, -0.15) is 4.39 Å². The summed E-state index contributed by atoms with van der Waals surface area (Å²) in [6.07, 6.45) is 0.280. The van der Waals surface area contributed by atoms with Crippen LogP contribution in [-0.4, -0.2) is 16.2 Å². The van der Waals surface area contributed by atoms with Crippen molar-refractivity contribution in [2.24, 2.45) is 5.73 Å². The Balaban J connectivity index is 2.97. The Morgan fingerprint density at radius 3 is 2.62 bits per heavy atom. The fraction of sp³-hybridized carbons (Fsp3) is 0.375. The summed E-state index contributed by atoms with van der Waals surface area (Å²) < 4.78 is 25.0. The van der Waals surface area contributed by atoms with Gasteiger partial charge < -0.3 is 10.8 Å². The number of aliphatic hydroxyl groups excluding tert-OH is 1. The van der Waals surface area contributed by atoms with Crippen LogP contribution >= 0.6 is 0 Å². The first kappa shape index (κ1) is 10.0. The van der Waals surface area contributed by atoms with Crippen LogP contribution in [0.15, 0.2) is 12.3 Å². The van der Waals surface area contributed by atoms with Gasteiger partial charge in [-0.1, -0.05) is 0 Å². The molecule has 0 fully saturated rings. The van der Waals surface area contributed by atoms with Crippen molar-refractivity contribution in [1.82, 2.24) is 4.98 Å². The number of hydrogen-bond acceptors (Lipinski definition) is 3. The van der Waals surface area contributed by atoms with Crippen molar-refractivity contribution in [2.75, 3.05) is 0 Å². The molecule has 0 radical (unpaired) electrons. The molecule has 0 aliphatic heterocycles. The number of nitrogens with two attached hydrogens (primary N) is 1. The molecule has 5 heteroatoms. The molecule has 0 saturated carbocycles. The van der Waals surface area contributed by atoms with E-state index in [1.54, 1.807) is 0 Å². The van der Waals surface area contributed by atoms with E-state index in [9.17, 15) is 8.78 Å². The zero-order valence-electron chi connectivity index (χ0n) is 7.04. The molecule has 3 nitrogen and oxygen atoms in total. The van der Waals surface area contributed by atoms with E-state index in [0.29, 0.717) is 0 Å². The van der Waals surface area contributed by atoms with E-state index in [1.165, 1.54) is 6.92 Å². The van der Waals surface area contributed by atoms with E-state index >= 15 is 0 Å². The van der Waals surface area contributed by atoms with Crippen molar-refractivity contribution in [3.05, 3.63) is 29.6 Å². The molecule has 13 heavy (non-hydrogen) atoms. The van der Waals surface area contributed by atoms with Crippen LogP contribution in [0.25, 0.3) is 0 Å². The molecule has 0 bridgehead atoms. The largest absolute Gasteiger partial charge is 0.391 e. The zero-order chi connectivity index (χ0) is 10.0. The van der Waals surface area contributed by atoms with Crippen LogP contribution in [0, 0.1) is 11.8 Å². The van der Waals surface area contributed by atoms with Gasteiger partial charge in [0.2, 0.25) is 5.95 Å². The van der Waals surface area contributed by atoms with Gasteiger partial charge >= 0.3 is 0 Å². The molecule has 0 aliphatic carbocycles. The van der Waals surface area contributed by atoms with E-state index in [1.807, 2.05) is 0 Å². The molecule has 72 valence electrons. The first-order valence-electron chi connectivity index (χ1n) is 3.77. The highest BCUT2D eigenvalue weighted by Crippen LogP contribution is 2.14. The molecule has 0 spiro atoms. The molecule has 2 atom stereocenters. The lowest BCUT2D eigenvalue weighted by atomic mass is 10.1. The number of halogens is 2. The van der Waals surface area contributed by atoms with Crippen LogP contribution < -0.4 is 5.73 Å². The quantitative estimate of drug-likeness (QED) is 0.673. The average Bonchev–Trinajstić information content (AvgIpc) is 2.08. The van der Waals surface area contributed by atoms with Crippen LogP contribution in [0.3, 0.4) is 0 Å². The second-order valence-corrected chi connectivity index (χ2v) is 2.81. The van der Waals surface area contributed by atoms with E-state index < -0.39 is 23.9 Å². The van der Waals surface area contributed by atoms with E-state index in [-0.39, 0.29) is 5.56 Å². The molecular formula is C8H10F2N2O. The summed E-state index contributed by atoms with van der Waals surface area (Å²) in [6.45, 7) is 1.46. The molecule has 3 N–H and O–H groups in total. The number of nitrogens with zero attached hydrogens (tertiary/aromatic N) is 1. The fourth-order valence-electron chi connectivity index (χ4n) is 0.897. The predicted octanol–water partition coefficient (Wildman–Crippen LogP) is 0.740. The van der Waals surface area contributed by atoms with Gasteiger partial charge in [0, 0.05) is 6.20 Å². The third kappa shape index (κ3) is 2.19. The summed E-state index contributed by atoms with van der Waals surface area (Å²) in [5, 5.41) is 9.07. The summed E-state index contributed by atoms with van der Waals surface area (Å²) in [5.41, 5.74) is 5.75. The van der Waals surface area contributed by atoms with Gasteiger partial charge in [-0.15, -0.1) is 0 Å². The Hall–Kier alpha value is -1.07. The highest BCUT2D eigenvalue weighted by molar-refractivity contribution is 5.16. The van der Waals surface area contributed by atoms with Crippen LogP contribution in [0.4, 0.5) is 8.78 Å². The van der Waals surface area contributed by atoms with Crippen LogP contribution in [-0.2, 0) is 0 Å². The molecule has 1 rings (SSSR count). The number of hydrogen-bond donors (Lipinski definition) is 2. The highest BCUT2D eigenvalue weighted by atomic mass is 19.2. The third-order valence-corrected chi connectivity index (χ3v) is 1.72. The maximum absolute atomic E-state index is 12.6. The lowest BCUT2D eigenvalue weighted by Crippen LogP contribution is -2.23. The Morgan fingerprint density at radius 1 is 1.54 bits per heavy atom. The number of rotatable bonds is 2. The fourth-order valence-corrected chi connectivity index (χ4v) is 0.897. The van der Waals surface area contributed by atoms with Crippen molar-refractivity contribution < 1.29 is 13.9 Å². The van der Waals surface area contributed by atoms with Crippen molar-refractivity contribution in [1.29, 1.82) is 0 Å². The van der Waals surface area contributed by atoms with E-state index in [4.69, 9.17) is 10.8 Å². The second-order valence-electron chi connectivity index (χ2n) is 2.81. The topological polar surface area (TPSA) is 59.1 Å². The number of pyridine rings is 1. The minimum atomic E-state index is -1.17. The van der Waals surface area contributed by atoms with Crippen molar-refractivity contribution in [3.63, 3.8) is 0 Å². The first-order valence-corrected chi connectivity index (χ1v) is 3.77. The molecule has 1 aromatic rings. The van der Waals surface area contributed by atoms with Crippen LogP contribution in [0.1, 0.15) is 18.5 Å². The van der Waals surface area contributed by atoms with Gasteiger partial charge in [0.1, 0.15) is 0 Å². The molecule has 0 unspecified atom stereocenters. The predicted molar refractivity (Wildman–Crippen MR) is 42.8 cm³/mol. The Bertz CT molecular complexity index is 304. The van der Waals surface area contributed by atoms with Gasteiger partial charge in [-0.05, 0) is 18.6 Å². The molecular weight excluding hydrogens is 178 g/mol. The minimum Gasteiger partial charge on any atom is -0.391 e. The summed E-state index contributed by atoms with van der Waals surface area (Å²) in [7, 11) is 0. The van der Waals surface area contributed by atoms with Gasteiger partial charge in [0.25, 0.3) is 0 Å². The third-order valence-electron chi connectivity index (χ3n) is 1.72. The zero-order valence-corrected chi connectivity index (χ0v) is 7.04. The maximum atomic E-state index is 12.6. The summed E-state index contributed by atoms with van der Waals surface area (Å²) in [5.74, 6) is -2.23. The van der Waals surface area contributed by atoms with Crippen LogP contribution in [0.5, 0.6) is 0 Å². The Labute approximate surface area is 74.2 Å². The number of aromatic nitrogens is 1. The lowest BCUT2D eigenvalue weighted by Gasteiger charge is -2.14. The van der Waals surface area contributed by atoms with E-state index in [0.717, 1.165) is 12.3 Å². The van der Waals surface area contributed by atoms with Crippen LogP contribution in [0.2, 0.25) is 0 Å². The smallest absolute Gasteiger partial charge is 0.248 e. The Morgan fingerprint density at radius 2 is 2.15 bits per heavy atom. The normalized spacial score (nSPS) is 15.5. The highest BCUT2D eigenvalue weighted by Gasteiger charge is 2.14. The molecule has 0 aliphatic rings. The molecule has 1 aromatic heterocycles. The minimum absolute atomic E-state index is 0.272. The SMILES string of the molecule is C[C@H](O)[C@H](N)c1cnc(F)c(F)c1. The van der Waals surface area contributed by atoms with Gasteiger partial charge in [-0.3, -0.25) is 0 Å². The van der Waals surface area contributed by atoms with Gasteiger partial charge in [0.15, 0.2) is 5.82 Å². The first-order chi connectivity index (χ1) is 6.02. The molecule has 1 heterocycles. The summed E-state index contributed by atoms with van der Waals surface area (Å²) in [6, 6.07) is 0.183. The van der Waals surface area contributed by atoms with Crippen molar-refractivity contribution in [2.45, 2.75) is 19.1 Å². The van der Waals surface area contributed by atoms with Crippen molar-refractivity contribution >= 4 is 0 Å². The molecule has 0 amide bonds. The standard InChI is InChI=1S/C8H10F2N2O/c1-4(13)7(11)5-2-6(9)8(10)12-3-5/h2-4,7,13H,11H2,1H3/t4-,7-/m0/s1. The van der Waals surface area contributed by atoms with Gasteiger partial charge in [-0.25, -0.2) is 9.37 Å². The average molecular weight is 188 g/mol. The second kappa shape index (κ2) is 3.76. The monoisotopic (exact) mass is 188 g/mol. The van der Waals surface area contributed by atoms with Gasteiger partial charge in [0.05, 0.1) is 12.1 Å². The molecule has 0 aromatic carbocycles.